The molecule has 21 heavy (non-hydrogen) atoms. The van der Waals surface area contributed by atoms with Crippen LogP contribution in [0.3, 0.4) is 0 Å². The van der Waals surface area contributed by atoms with Gasteiger partial charge in [0.15, 0.2) is 11.5 Å². The maximum atomic E-state index is 13.0. The zero-order chi connectivity index (χ0) is 15.2. The maximum absolute atomic E-state index is 13.0. The Morgan fingerprint density at radius 1 is 1.14 bits per heavy atom. The molecule has 0 aliphatic carbocycles. The highest BCUT2D eigenvalue weighted by molar-refractivity contribution is 9.10. The number of benzene rings is 2. The van der Waals surface area contributed by atoms with E-state index in [9.17, 15) is 4.39 Å². The summed E-state index contributed by atoms with van der Waals surface area (Å²) in [6.07, 6.45) is 0. The van der Waals surface area contributed by atoms with Crippen molar-refractivity contribution < 1.29 is 13.9 Å². The molecule has 2 aromatic carbocycles. The number of hydrogen-bond acceptors (Lipinski definition) is 3. The third kappa shape index (κ3) is 4.19. The molecular formula is C16H17BrFNO2. The van der Waals surface area contributed by atoms with Crippen molar-refractivity contribution in [1.29, 1.82) is 0 Å². The molecule has 0 radical (unpaired) electrons. The second kappa shape index (κ2) is 7.43. The number of ether oxygens (including phenoxy) is 2. The summed E-state index contributed by atoms with van der Waals surface area (Å²) in [7, 11) is 3.50. The molecule has 0 amide bonds. The molecule has 0 fully saturated rings. The lowest BCUT2D eigenvalue weighted by Gasteiger charge is -2.13. The fraction of sp³-hybridized carbons (Fsp3) is 0.250. The first-order valence-corrected chi connectivity index (χ1v) is 7.31. The lowest BCUT2D eigenvalue weighted by Crippen LogP contribution is -2.05. The van der Waals surface area contributed by atoms with Gasteiger partial charge in [-0.05, 0) is 36.9 Å². The summed E-state index contributed by atoms with van der Waals surface area (Å²) in [4.78, 5) is 0. The van der Waals surface area contributed by atoms with Crippen LogP contribution in [0.5, 0.6) is 11.5 Å². The normalized spacial score (nSPS) is 10.5. The van der Waals surface area contributed by atoms with Gasteiger partial charge in [-0.25, -0.2) is 4.39 Å². The van der Waals surface area contributed by atoms with Crippen LogP contribution in [0.2, 0.25) is 0 Å². The number of halogens is 2. The van der Waals surface area contributed by atoms with Crippen LogP contribution in [0, 0.1) is 5.82 Å². The van der Waals surface area contributed by atoms with Crippen molar-refractivity contribution in [2.45, 2.75) is 13.2 Å². The molecule has 0 aliphatic rings. The van der Waals surface area contributed by atoms with Gasteiger partial charge in [0.05, 0.1) is 7.11 Å². The molecule has 0 saturated carbocycles. The molecule has 112 valence electrons. The van der Waals surface area contributed by atoms with Crippen LogP contribution < -0.4 is 14.8 Å². The summed E-state index contributed by atoms with van der Waals surface area (Å²) in [5, 5.41) is 3.09. The highest BCUT2D eigenvalue weighted by atomic mass is 79.9. The Labute approximate surface area is 132 Å². The smallest absolute Gasteiger partial charge is 0.161 e. The van der Waals surface area contributed by atoms with E-state index < -0.39 is 0 Å². The fourth-order valence-electron chi connectivity index (χ4n) is 1.94. The zero-order valence-electron chi connectivity index (χ0n) is 12.0. The predicted molar refractivity (Wildman–Crippen MR) is 84.2 cm³/mol. The Morgan fingerprint density at radius 2 is 1.95 bits per heavy atom. The minimum atomic E-state index is -0.278. The first-order chi connectivity index (χ1) is 10.1. The summed E-state index contributed by atoms with van der Waals surface area (Å²) in [5.74, 6) is 1.06. The third-order valence-corrected chi connectivity index (χ3v) is 3.75. The van der Waals surface area contributed by atoms with E-state index in [4.69, 9.17) is 9.47 Å². The van der Waals surface area contributed by atoms with Gasteiger partial charge in [0.25, 0.3) is 0 Å². The van der Waals surface area contributed by atoms with Crippen molar-refractivity contribution in [3.63, 3.8) is 0 Å². The van der Waals surface area contributed by atoms with Crippen LogP contribution >= 0.6 is 15.9 Å². The van der Waals surface area contributed by atoms with E-state index in [1.807, 2.05) is 25.2 Å². The molecule has 0 spiro atoms. The molecule has 0 aromatic heterocycles. The highest BCUT2D eigenvalue weighted by Crippen LogP contribution is 2.29. The monoisotopic (exact) mass is 353 g/mol. The van der Waals surface area contributed by atoms with Crippen molar-refractivity contribution in [2.24, 2.45) is 0 Å². The largest absolute Gasteiger partial charge is 0.493 e. The van der Waals surface area contributed by atoms with E-state index >= 15 is 0 Å². The van der Waals surface area contributed by atoms with Crippen molar-refractivity contribution in [2.75, 3.05) is 14.2 Å². The average molecular weight is 354 g/mol. The standard InChI is InChI=1S/C16H17BrFNO2/c1-19-9-11-3-6-15(16(7-11)20-2)21-10-12-4-5-13(18)8-14(12)17/h3-8,19H,9-10H2,1-2H3. The van der Waals surface area contributed by atoms with E-state index in [1.54, 1.807) is 13.2 Å². The van der Waals surface area contributed by atoms with Gasteiger partial charge < -0.3 is 14.8 Å². The lowest BCUT2D eigenvalue weighted by molar-refractivity contribution is 0.283. The summed E-state index contributed by atoms with van der Waals surface area (Å²) in [5.41, 5.74) is 1.99. The van der Waals surface area contributed by atoms with Gasteiger partial charge in [0.2, 0.25) is 0 Å². The van der Waals surface area contributed by atoms with E-state index in [0.29, 0.717) is 22.6 Å². The van der Waals surface area contributed by atoms with E-state index in [0.717, 1.165) is 17.7 Å². The third-order valence-electron chi connectivity index (χ3n) is 3.01. The van der Waals surface area contributed by atoms with Crippen LogP contribution in [0.4, 0.5) is 4.39 Å². The second-order valence-corrected chi connectivity index (χ2v) is 5.39. The van der Waals surface area contributed by atoms with Gasteiger partial charge >= 0.3 is 0 Å². The van der Waals surface area contributed by atoms with Gasteiger partial charge in [-0.1, -0.05) is 28.1 Å². The van der Waals surface area contributed by atoms with Crippen molar-refractivity contribution in [1.82, 2.24) is 5.32 Å². The molecule has 2 rings (SSSR count). The number of nitrogens with one attached hydrogen (secondary N) is 1. The lowest BCUT2D eigenvalue weighted by atomic mass is 10.2. The Hall–Kier alpha value is -1.59. The summed E-state index contributed by atoms with van der Waals surface area (Å²) in [6, 6.07) is 10.3. The zero-order valence-corrected chi connectivity index (χ0v) is 13.5. The molecule has 3 nitrogen and oxygen atoms in total. The first-order valence-electron chi connectivity index (χ1n) is 6.52. The average Bonchev–Trinajstić information content (AvgIpc) is 2.47. The molecule has 5 heteroatoms. The van der Waals surface area contributed by atoms with Crippen LogP contribution in [-0.2, 0) is 13.2 Å². The molecule has 0 bridgehead atoms. The topological polar surface area (TPSA) is 30.5 Å². The first kappa shape index (κ1) is 15.8. The van der Waals surface area contributed by atoms with Crippen LogP contribution in [0.25, 0.3) is 0 Å². The number of hydrogen-bond donors (Lipinski definition) is 1. The quantitative estimate of drug-likeness (QED) is 0.854. The SMILES string of the molecule is CNCc1ccc(OCc2ccc(F)cc2Br)c(OC)c1. The number of methoxy groups -OCH3 is 1. The van der Waals surface area contributed by atoms with Crippen LogP contribution in [0.15, 0.2) is 40.9 Å². The molecule has 0 aliphatic heterocycles. The van der Waals surface area contributed by atoms with Gasteiger partial charge in [0.1, 0.15) is 12.4 Å². The van der Waals surface area contributed by atoms with Gasteiger partial charge in [-0.3, -0.25) is 0 Å². The minimum absolute atomic E-state index is 0.278. The van der Waals surface area contributed by atoms with Gasteiger partial charge in [-0.2, -0.15) is 0 Å². The Morgan fingerprint density at radius 3 is 2.62 bits per heavy atom. The van der Waals surface area contributed by atoms with E-state index in [1.165, 1.54) is 12.1 Å². The van der Waals surface area contributed by atoms with E-state index in [2.05, 4.69) is 21.2 Å². The number of rotatable bonds is 6. The van der Waals surface area contributed by atoms with Crippen LogP contribution in [0.1, 0.15) is 11.1 Å². The van der Waals surface area contributed by atoms with Gasteiger partial charge in [0, 0.05) is 16.6 Å². The highest BCUT2D eigenvalue weighted by Gasteiger charge is 2.08. The molecule has 1 N–H and O–H groups in total. The molecule has 2 aromatic rings. The minimum Gasteiger partial charge on any atom is -0.493 e. The van der Waals surface area contributed by atoms with Gasteiger partial charge in [-0.15, -0.1) is 0 Å². The van der Waals surface area contributed by atoms with Crippen molar-refractivity contribution in [3.8, 4) is 11.5 Å². The Bertz CT molecular complexity index is 619. The van der Waals surface area contributed by atoms with E-state index in [-0.39, 0.29) is 5.82 Å². The molecule has 0 saturated heterocycles. The molecular weight excluding hydrogens is 337 g/mol. The second-order valence-electron chi connectivity index (χ2n) is 4.54. The molecule has 0 atom stereocenters. The van der Waals surface area contributed by atoms with Crippen molar-refractivity contribution >= 4 is 15.9 Å². The summed E-state index contributed by atoms with van der Waals surface area (Å²) in [6.45, 7) is 1.10. The maximum Gasteiger partial charge on any atom is 0.161 e. The Kier molecular flexibility index (Phi) is 5.59. The predicted octanol–water partition coefficient (Wildman–Crippen LogP) is 3.90. The summed E-state index contributed by atoms with van der Waals surface area (Å²) < 4.78 is 24.9. The fourth-order valence-corrected chi connectivity index (χ4v) is 2.40. The van der Waals surface area contributed by atoms with Crippen LogP contribution in [-0.4, -0.2) is 14.2 Å². The molecule has 0 heterocycles. The Balaban J connectivity index is 2.12. The molecule has 0 unspecified atom stereocenters. The van der Waals surface area contributed by atoms with Crippen molar-refractivity contribution in [3.05, 3.63) is 57.8 Å². The summed E-state index contributed by atoms with van der Waals surface area (Å²) >= 11 is 3.33.